The molecule has 0 fully saturated rings. The predicted molar refractivity (Wildman–Crippen MR) is 69.4 cm³/mol. The maximum atomic E-state index is 13.5. The van der Waals surface area contributed by atoms with Gasteiger partial charge in [-0.25, -0.2) is 9.18 Å². The fourth-order valence-corrected chi connectivity index (χ4v) is 1.54. The maximum absolute atomic E-state index is 13.5. The summed E-state index contributed by atoms with van der Waals surface area (Å²) in [5.74, 6) is -0.686. The van der Waals surface area contributed by atoms with E-state index in [0.717, 1.165) is 5.56 Å². The molecule has 0 saturated carbocycles. The van der Waals surface area contributed by atoms with Crippen LogP contribution in [-0.2, 0) is 16.1 Å². The Bertz CT molecular complexity index is 397. The van der Waals surface area contributed by atoms with Gasteiger partial charge in [-0.2, -0.15) is 0 Å². The monoisotopic (exact) mass is 267 g/mol. The summed E-state index contributed by atoms with van der Waals surface area (Å²) in [6, 6.07) is 9.19. The average Bonchev–Trinajstić information content (AvgIpc) is 2.45. The van der Waals surface area contributed by atoms with Crippen molar-refractivity contribution in [3.8, 4) is 0 Å². The van der Waals surface area contributed by atoms with Crippen LogP contribution < -0.4 is 5.32 Å². The molecule has 19 heavy (non-hydrogen) atoms. The number of aldehydes is 1. The van der Waals surface area contributed by atoms with Crippen LogP contribution in [0.1, 0.15) is 18.9 Å². The van der Waals surface area contributed by atoms with Crippen LogP contribution in [0.3, 0.4) is 0 Å². The normalized spacial score (nSPS) is 13.4. The minimum Gasteiger partial charge on any atom is -0.445 e. The number of hydrogen-bond donors (Lipinski definition) is 1. The summed E-state index contributed by atoms with van der Waals surface area (Å²) < 4.78 is 18.4. The predicted octanol–water partition coefficient (Wildman–Crippen LogP) is 2.48. The summed E-state index contributed by atoms with van der Waals surface area (Å²) in [6.07, 6.45) is -1.09. The molecular weight excluding hydrogens is 249 g/mol. The van der Waals surface area contributed by atoms with E-state index in [4.69, 9.17) is 4.74 Å². The summed E-state index contributed by atoms with van der Waals surface area (Å²) in [7, 11) is 0. The number of benzene rings is 1. The van der Waals surface area contributed by atoms with Crippen molar-refractivity contribution in [1.82, 2.24) is 5.32 Å². The Hall–Kier alpha value is -1.91. The van der Waals surface area contributed by atoms with E-state index >= 15 is 0 Å². The first-order chi connectivity index (χ1) is 9.17. The number of rotatable bonds is 7. The molecule has 2 atom stereocenters. The second-order valence-corrected chi connectivity index (χ2v) is 4.17. The van der Waals surface area contributed by atoms with Gasteiger partial charge in [0.2, 0.25) is 0 Å². The number of alkyl carbamates (subject to hydrolysis) is 1. The molecule has 5 heteroatoms. The molecule has 1 rings (SSSR count). The summed E-state index contributed by atoms with van der Waals surface area (Å²) >= 11 is 0. The van der Waals surface area contributed by atoms with E-state index in [-0.39, 0.29) is 13.2 Å². The van der Waals surface area contributed by atoms with Crippen LogP contribution in [0.5, 0.6) is 0 Å². The van der Waals surface area contributed by atoms with Gasteiger partial charge >= 0.3 is 6.09 Å². The molecule has 0 heterocycles. The highest BCUT2D eigenvalue weighted by molar-refractivity contribution is 5.67. The third-order valence-electron chi connectivity index (χ3n) is 2.76. The van der Waals surface area contributed by atoms with Gasteiger partial charge in [0.25, 0.3) is 0 Å². The SMILES string of the molecule is CC[C@@H](C=O)[C@@H](F)CNC(=O)OCc1ccccc1. The van der Waals surface area contributed by atoms with Crippen LogP contribution in [-0.4, -0.2) is 25.1 Å². The van der Waals surface area contributed by atoms with Gasteiger partial charge in [0.05, 0.1) is 6.54 Å². The lowest BCUT2D eigenvalue weighted by molar-refractivity contribution is -0.112. The second-order valence-electron chi connectivity index (χ2n) is 4.17. The van der Waals surface area contributed by atoms with Gasteiger partial charge in [0, 0.05) is 5.92 Å². The van der Waals surface area contributed by atoms with Crippen molar-refractivity contribution in [3.63, 3.8) is 0 Å². The highest BCUT2D eigenvalue weighted by Crippen LogP contribution is 2.08. The Labute approximate surface area is 112 Å². The first-order valence-electron chi connectivity index (χ1n) is 6.21. The standard InChI is InChI=1S/C14H18FNO3/c1-2-12(9-17)13(15)8-16-14(18)19-10-11-6-4-3-5-7-11/h3-7,9,12-13H,2,8,10H2,1H3,(H,16,18)/t12-,13-/m0/s1. The van der Waals surface area contributed by atoms with Gasteiger partial charge in [-0.1, -0.05) is 37.3 Å². The molecule has 104 valence electrons. The summed E-state index contributed by atoms with van der Waals surface area (Å²) in [4.78, 5) is 21.9. The third-order valence-corrected chi connectivity index (χ3v) is 2.76. The second kappa shape index (κ2) is 8.24. The Morgan fingerprint density at radius 3 is 2.68 bits per heavy atom. The van der Waals surface area contributed by atoms with E-state index < -0.39 is 18.2 Å². The topological polar surface area (TPSA) is 55.4 Å². The molecule has 0 aromatic heterocycles. The van der Waals surface area contributed by atoms with Crippen LogP contribution in [0.4, 0.5) is 9.18 Å². The van der Waals surface area contributed by atoms with Crippen LogP contribution >= 0.6 is 0 Å². The average molecular weight is 267 g/mol. The Morgan fingerprint density at radius 1 is 1.42 bits per heavy atom. The van der Waals surface area contributed by atoms with Gasteiger partial charge in [-0.3, -0.25) is 0 Å². The van der Waals surface area contributed by atoms with Crippen molar-refractivity contribution in [2.45, 2.75) is 26.1 Å². The first kappa shape index (κ1) is 15.1. The highest BCUT2D eigenvalue weighted by Gasteiger charge is 2.19. The van der Waals surface area contributed by atoms with E-state index in [1.165, 1.54) is 0 Å². The number of ether oxygens (including phenoxy) is 1. The zero-order valence-corrected chi connectivity index (χ0v) is 10.8. The van der Waals surface area contributed by atoms with Crippen molar-refractivity contribution in [3.05, 3.63) is 35.9 Å². The first-order valence-corrected chi connectivity index (χ1v) is 6.21. The van der Waals surface area contributed by atoms with Crippen LogP contribution in [0.25, 0.3) is 0 Å². The molecule has 0 radical (unpaired) electrons. The van der Waals surface area contributed by atoms with E-state index in [2.05, 4.69) is 5.32 Å². The molecule has 4 nitrogen and oxygen atoms in total. The van der Waals surface area contributed by atoms with Gasteiger partial charge in [-0.05, 0) is 12.0 Å². The molecule has 0 saturated heterocycles. The maximum Gasteiger partial charge on any atom is 0.407 e. The smallest absolute Gasteiger partial charge is 0.407 e. The van der Waals surface area contributed by atoms with Crippen molar-refractivity contribution >= 4 is 12.4 Å². The van der Waals surface area contributed by atoms with Gasteiger partial charge in [0.1, 0.15) is 19.1 Å². The number of halogens is 1. The molecule has 0 aliphatic heterocycles. The molecule has 1 aromatic rings. The quantitative estimate of drug-likeness (QED) is 0.772. The van der Waals surface area contributed by atoms with E-state index in [0.29, 0.717) is 12.7 Å². The van der Waals surface area contributed by atoms with Crippen molar-refractivity contribution in [1.29, 1.82) is 0 Å². The van der Waals surface area contributed by atoms with Gasteiger partial charge < -0.3 is 14.8 Å². The lowest BCUT2D eigenvalue weighted by Gasteiger charge is -2.14. The molecule has 0 spiro atoms. The number of carbonyl (C=O) groups is 2. The molecule has 0 unspecified atom stereocenters. The summed E-state index contributed by atoms with van der Waals surface area (Å²) in [5, 5.41) is 2.31. The molecular formula is C14H18FNO3. The minimum atomic E-state index is -1.38. The van der Waals surface area contributed by atoms with E-state index in [1.54, 1.807) is 6.92 Å². The minimum absolute atomic E-state index is 0.133. The van der Waals surface area contributed by atoms with E-state index in [9.17, 15) is 14.0 Å². The fraction of sp³-hybridized carbons (Fsp3) is 0.429. The van der Waals surface area contributed by atoms with Crippen molar-refractivity contribution in [2.75, 3.05) is 6.54 Å². The highest BCUT2D eigenvalue weighted by atomic mass is 19.1. The van der Waals surface area contributed by atoms with Gasteiger partial charge in [0.15, 0.2) is 0 Å². The summed E-state index contributed by atoms with van der Waals surface area (Å²) in [6.45, 7) is 1.64. The van der Waals surface area contributed by atoms with E-state index in [1.807, 2.05) is 30.3 Å². The van der Waals surface area contributed by atoms with Crippen LogP contribution in [0, 0.1) is 5.92 Å². The van der Waals surface area contributed by atoms with Crippen molar-refractivity contribution in [2.24, 2.45) is 5.92 Å². The van der Waals surface area contributed by atoms with Crippen molar-refractivity contribution < 1.29 is 18.7 Å². The molecule has 1 amide bonds. The Morgan fingerprint density at radius 2 is 2.11 bits per heavy atom. The number of hydrogen-bond acceptors (Lipinski definition) is 3. The lowest BCUT2D eigenvalue weighted by atomic mass is 10.0. The van der Waals surface area contributed by atoms with Crippen LogP contribution in [0.2, 0.25) is 0 Å². The molecule has 1 aromatic carbocycles. The van der Waals surface area contributed by atoms with Gasteiger partial charge in [-0.15, -0.1) is 0 Å². The molecule has 0 aliphatic rings. The largest absolute Gasteiger partial charge is 0.445 e. The zero-order chi connectivity index (χ0) is 14.1. The number of carbonyl (C=O) groups excluding carboxylic acids is 2. The lowest BCUT2D eigenvalue weighted by Crippen LogP contribution is -2.34. The molecule has 0 aliphatic carbocycles. The fourth-order valence-electron chi connectivity index (χ4n) is 1.54. The number of alkyl halides is 1. The Kier molecular flexibility index (Phi) is 6.57. The Balaban J connectivity index is 2.26. The third kappa shape index (κ3) is 5.50. The zero-order valence-electron chi connectivity index (χ0n) is 10.8. The van der Waals surface area contributed by atoms with Crippen LogP contribution in [0.15, 0.2) is 30.3 Å². The molecule has 1 N–H and O–H groups in total. The number of nitrogens with one attached hydrogen (secondary N) is 1. The number of amides is 1. The molecule has 0 bridgehead atoms. The summed E-state index contributed by atoms with van der Waals surface area (Å²) in [5.41, 5.74) is 0.855.